The number of rotatable bonds is 8. The summed E-state index contributed by atoms with van der Waals surface area (Å²) in [6, 6.07) is 13.9. The summed E-state index contributed by atoms with van der Waals surface area (Å²) in [6.45, 7) is 0.397. The molecule has 7 heteroatoms. The number of fused-ring (bicyclic) bond motifs is 1. The number of thioether (sulfide) groups is 1. The summed E-state index contributed by atoms with van der Waals surface area (Å²) in [4.78, 5) is 37.7. The lowest BCUT2D eigenvalue weighted by Crippen LogP contribution is -2.31. The highest BCUT2D eigenvalue weighted by atomic mass is 35.5. The summed E-state index contributed by atoms with van der Waals surface area (Å²) in [7, 11) is 0. The van der Waals surface area contributed by atoms with Gasteiger partial charge in [0.2, 0.25) is 5.91 Å². The second-order valence-electron chi connectivity index (χ2n) is 6.08. The van der Waals surface area contributed by atoms with Gasteiger partial charge in [0.05, 0.1) is 11.1 Å². The molecule has 0 saturated heterocycles. The fourth-order valence-electron chi connectivity index (χ4n) is 2.82. The van der Waals surface area contributed by atoms with E-state index in [2.05, 4.69) is 5.32 Å². The fourth-order valence-corrected chi connectivity index (χ4v) is 3.88. The zero-order chi connectivity index (χ0) is 19.2. The van der Waals surface area contributed by atoms with Gasteiger partial charge in [-0.05, 0) is 42.5 Å². The summed E-state index contributed by atoms with van der Waals surface area (Å²) in [6.07, 6.45) is 1.09. The Morgan fingerprint density at radius 3 is 2.37 bits per heavy atom. The zero-order valence-corrected chi connectivity index (χ0v) is 16.2. The molecule has 0 unspecified atom stereocenters. The highest BCUT2D eigenvalue weighted by molar-refractivity contribution is 7.99. The van der Waals surface area contributed by atoms with Gasteiger partial charge in [-0.1, -0.05) is 29.8 Å². The second-order valence-corrected chi connectivity index (χ2v) is 7.74. The lowest BCUT2D eigenvalue weighted by Gasteiger charge is -2.13. The van der Waals surface area contributed by atoms with E-state index in [0.29, 0.717) is 47.0 Å². The molecule has 140 valence electrons. The third-order valence-electron chi connectivity index (χ3n) is 4.13. The van der Waals surface area contributed by atoms with Crippen molar-refractivity contribution in [3.05, 3.63) is 64.7 Å². The van der Waals surface area contributed by atoms with Crippen molar-refractivity contribution in [3.8, 4) is 0 Å². The monoisotopic (exact) mass is 402 g/mol. The number of benzene rings is 2. The van der Waals surface area contributed by atoms with Gasteiger partial charge in [-0.2, -0.15) is 11.8 Å². The molecule has 27 heavy (non-hydrogen) atoms. The third-order valence-corrected chi connectivity index (χ3v) is 5.44. The van der Waals surface area contributed by atoms with Gasteiger partial charge in [0.1, 0.15) is 0 Å². The lowest BCUT2D eigenvalue weighted by atomic mass is 10.1. The number of carbonyl (C=O) groups excluding carboxylic acids is 3. The van der Waals surface area contributed by atoms with Crippen LogP contribution < -0.4 is 5.32 Å². The number of halogens is 1. The van der Waals surface area contributed by atoms with Gasteiger partial charge < -0.3 is 5.32 Å². The number of anilines is 1. The first kappa shape index (κ1) is 19.5. The van der Waals surface area contributed by atoms with Crippen LogP contribution in [0.1, 0.15) is 33.6 Å². The van der Waals surface area contributed by atoms with E-state index in [9.17, 15) is 14.4 Å². The van der Waals surface area contributed by atoms with Gasteiger partial charge in [-0.3, -0.25) is 19.3 Å². The normalized spacial score (nSPS) is 13.0. The Morgan fingerprint density at radius 1 is 1.00 bits per heavy atom. The van der Waals surface area contributed by atoms with E-state index < -0.39 is 0 Å². The molecular formula is C20H19ClN2O3S. The van der Waals surface area contributed by atoms with E-state index in [4.69, 9.17) is 11.6 Å². The van der Waals surface area contributed by atoms with Crippen LogP contribution in [-0.4, -0.2) is 40.7 Å². The van der Waals surface area contributed by atoms with Crippen molar-refractivity contribution >= 4 is 46.8 Å². The molecule has 0 radical (unpaired) electrons. The number of amides is 3. The van der Waals surface area contributed by atoms with Gasteiger partial charge in [0.15, 0.2) is 0 Å². The lowest BCUT2D eigenvalue weighted by molar-refractivity contribution is -0.115. The molecule has 3 rings (SSSR count). The minimum absolute atomic E-state index is 0.0647. The predicted molar refractivity (Wildman–Crippen MR) is 108 cm³/mol. The third kappa shape index (κ3) is 4.90. The molecule has 5 nitrogen and oxygen atoms in total. The minimum atomic E-state index is -0.221. The van der Waals surface area contributed by atoms with Crippen molar-refractivity contribution < 1.29 is 14.4 Å². The number of hydrogen-bond acceptors (Lipinski definition) is 4. The standard InChI is InChI=1S/C20H19ClN2O3S/c21-14-5-3-6-15(13-14)22-18(24)9-12-27-11-4-10-23-19(25)16-7-1-2-8-17(16)20(23)26/h1-3,5-8,13H,4,9-12H2,(H,22,24). The Labute approximate surface area is 167 Å². The van der Waals surface area contributed by atoms with E-state index in [0.717, 1.165) is 5.75 Å². The van der Waals surface area contributed by atoms with Crippen LogP contribution in [0.5, 0.6) is 0 Å². The SMILES string of the molecule is O=C(CCSCCCN1C(=O)c2ccccc2C1=O)Nc1cccc(Cl)c1. The largest absolute Gasteiger partial charge is 0.326 e. The Balaban J connectivity index is 1.34. The van der Waals surface area contributed by atoms with Gasteiger partial charge in [-0.25, -0.2) is 0 Å². The van der Waals surface area contributed by atoms with Crippen LogP contribution in [0.25, 0.3) is 0 Å². The Morgan fingerprint density at radius 2 is 1.70 bits per heavy atom. The van der Waals surface area contributed by atoms with Crippen LogP contribution in [0, 0.1) is 0 Å². The van der Waals surface area contributed by atoms with Gasteiger partial charge >= 0.3 is 0 Å². The predicted octanol–water partition coefficient (Wildman–Crippen LogP) is 4.09. The van der Waals surface area contributed by atoms with Crippen LogP contribution >= 0.6 is 23.4 Å². The second kappa shape index (κ2) is 9.06. The molecule has 2 aromatic rings. The van der Waals surface area contributed by atoms with E-state index >= 15 is 0 Å². The maximum absolute atomic E-state index is 12.2. The summed E-state index contributed by atoms with van der Waals surface area (Å²) in [5.74, 6) is 0.944. The first-order chi connectivity index (χ1) is 13.1. The van der Waals surface area contributed by atoms with Crippen LogP contribution in [0.15, 0.2) is 48.5 Å². The quantitative estimate of drug-likeness (QED) is 0.533. The first-order valence-electron chi connectivity index (χ1n) is 8.64. The highest BCUT2D eigenvalue weighted by Crippen LogP contribution is 2.22. The van der Waals surface area contributed by atoms with Crippen molar-refractivity contribution in [2.24, 2.45) is 0 Å². The molecule has 0 aromatic heterocycles. The van der Waals surface area contributed by atoms with Crippen molar-refractivity contribution in [3.63, 3.8) is 0 Å². The van der Waals surface area contributed by atoms with Crippen molar-refractivity contribution in [2.45, 2.75) is 12.8 Å². The summed E-state index contributed by atoms with van der Waals surface area (Å²) in [5, 5.41) is 3.38. The van der Waals surface area contributed by atoms with Crippen LogP contribution in [0.2, 0.25) is 5.02 Å². The average Bonchev–Trinajstić information content (AvgIpc) is 2.89. The number of carbonyl (C=O) groups is 3. The van der Waals surface area contributed by atoms with Crippen molar-refractivity contribution in [2.75, 3.05) is 23.4 Å². The smallest absolute Gasteiger partial charge is 0.261 e. The average molecular weight is 403 g/mol. The molecule has 0 aliphatic carbocycles. The number of nitrogens with one attached hydrogen (secondary N) is 1. The molecule has 0 bridgehead atoms. The number of nitrogens with zero attached hydrogens (tertiary/aromatic N) is 1. The molecule has 1 aliphatic heterocycles. The fraction of sp³-hybridized carbons (Fsp3) is 0.250. The van der Waals surface area contributed by atoms with E-state index in [1.54, 1.807) is 60.3 Å². The van der Waals surface area contributed by atoms with Gasteiger partial charge in [0, 0.05) is 29.4 Å². The summed E-state index contributed by atoms with van der Waals surface area (Å²) in [5.41, 5.74) is 1.64. The van der Waals surface area contributed by atoms with Crippen LogP contribution in [0.3, 0.4) is 0 Å². The molecule has 0 atom stereocenters. The Kier molecular flexibility index (Phi) is 6.53. The first-order valence-corrected chi connectivity index (χ1v) is 10.2. The maximum Gasteiger partial charge on any atom is 0.261 e. The molecule has 0 fully saturated rings. The van der Waals surface area contributed by atoms with Crippen LogP contribution in [0.4, 0.5) is 5.69 Å². The number of hydrogen-bond donors (Lipinski definition) is 1. The topological polar surface area (TPSA) is 66.5 Å². The molecule has 0 saturated carbocycles. The minimum Gasteiger partial charge on any atom is -0.326 e. The van der Waals surface area contributed by atoms with E-state index in [1.165, 1.54) is 4.90 Å². The highest BCUT2D eigenvalue weighted by Gasteiger charge is 2.34. The Bertz CT molecular complexity index is 837. The Hall–Kier alpha value is -2.31. The zero-order valence-electron chi connectivity index (χ0n) is 14.6. The van der Waals surface area contributed by atoms with Crippen molar-refractivity contribution in [1.82, 2.24) is 4.90 Å². The summed E-state index contributed by atoms with van der Waals surface area (Å²) < 4.78 is 0. The van der Waals surface area contributed by atoms with Gasteiger partial charge in [-0.15, -0.1) is 0 Å². The molecule has 2 aromatic carbocycles. The molecule has 0 spiro atoms. The maximum atomic E-state index is 12.2. The van der Waals surface area contributed by atoms with Crippen molar-refractivity contribution in [1.29, 1.82) is 0 Å². The molecule has 1 aliphatic rings. The van der Waals surface area contributed by atoms with Gasteiger partial charge in [0.25, 0.3) is 11.8 Å². The molecular weight excluding hydrogens is 384 g/mol. The van der Waals surface area contributed by atoms with Crippen LogP contribution in [-0.2, 0) is 4.79 Å². The molecule has 1 heterocycles. The number of imide groups is 1. The molecule has 3 amide bonds. The summed E-state index contributed by atoms with van der Waals surface area (Å²) >= 11 is 7.52. The van der Waals surface area contributed by atoms with E-state index in [-0.39, 0.29) is 17.7 Å². The molecule has 1 N–H and O–H groups in total. The van der Waals surface area contributed by atoms with E-state index in [1.807, 2.05) is 0 Å².